The fraction of sp³-hybridized carbons (Fsp3) is 0.636. The first-order valence-electron chi connectivity index (χ1n) is 6.00. The van der Waals surface area contributed by atoms with Gasteiger partial charge in [-0.2, -0.15) is 0 Å². The molecule has 0 radical (unpaired) electrons. The highest BCUT2D eigenvalue weighted by molar-refractivity contribution is 7.08. The van der Waals surface area contributed by atoms with Gasteiger partial charge in [-0.3, -0.25) is 4.79 Å². The second-order valence-corrected chi connectivity index (χ2v) is 5.21. The lowest BCUT2D eigenvalue weighted by molar-refractivity contribution is -0.142. The zero-order valence-electron chi connectivity index (χ0n) is 10.5. The molecule has 0 spiro atoms. The average Bonchev–Trinajstić information content (AvgIpc) is 2.82. The number of hydrogen-bond acceptors (Lipinski definition) is 6. The molecule has 2 rings (SSSR count). The molecule has 19 heavy (non-hydrogen) atoms. The van der Waals surface area contributed by atoms with Gasteiger partial charge in [0.05, 0.1) is 12.3 Å². The van der Waals surface area contributed by atoms with Crippen LogP contribution in [0.1, 0.15) is 28.2 Å². The summed E-state index contributed by atoms with van der Waals surface area (Å²) >= 11 is 0.961. The van der Waals surface area contributed by atoms with E-state index in [0.29, 0.717) is 23.8 Å². The number of carbonyl (C=O) groups excluding carboxylic acids is 1. The Labute approximate surface area is 114 Å². The van der Waals surface area contributed by atoms with Gasteiger partial charge in [-0.15, -0.1) is 5.10 Å². The van der Waals surface area contributed by atoms with Crippen LogP contribution in [0.25, 0.3) is 0 Å². The lowest BCUT2D eigenvalue weighted by Crippen LogP contribution is -2.48. The minimum Gasteiger partial charge on any atom is -0.480 e. The van der Waals surface area contributed by atoms with E-state index in [0.717, 1.165) is 24.4 Å². The Hall–Kier alpha value is -1.54. The highest BCUT2D eigenvalue weighted by Crippen LogP contribution is 2.19. The van der Waals surface area contributed by atoms with E-state index >= 15 is 0 Å². The lowest BCUT2D eigenvalue weighted by Gasteiger charge is -2.27. The van der Waals surface area contributed by atoms with Gasteiger partial charge in [0.15, 0.2) is 0 Å². The second kappa shape index (κ2) is 6.07. The van der Waals surface area contributed by atoms with E-state index in [4.69, 9.17) is 4.74 Å². The Bertz CT molecular complexity index is 470. The number of nitrogens with one attached hydrogen (secondary N) is 1. The van der Waals surface area contributed by atoms with Crippen molar-refractivity contribution in [1.29, 1.82) is 0 Å². The molecule has 8 heteroatoms. The van der Waals surface area contributed by atoms with Gasteiger partial charge in [0.25, 0.3) is 5.91 Å². The van der Waals surface area contributed by atoms with Crippen molar-refractivity contribution >= 4 is 23.4 Å². The average molecular weight is 285 g/mol. The van der Waals surface area contributed by atoms with E-state index in [2.05, 4.69) is 14.9 Å². The third-order valence-corrected chi connectivity index (χ3v) is 3.90. The molecule has 1 fully saturated rings. The number of carboxylic acids is 1. The molecule has 1 aromatic heterocycles. The molecular weight excluding hydrogens is 270 g/mol. The number of amides is 1. The van der Waals surface area contributed by atoms with Gasteiger partial charge < -0.3 is 15.2 Å². The minimum atomic E-state index is -1.04. The first-order chi connectivity index (χ1) is 9.09. The van der Waals surface area contributed by atoms with Gasteiger partial charge >= 0.3 is 5.97 Å². The van der Waals surface area contributed by atoms with E-state index in [-0.39, 0.29) is 5.92 Å². The van der Waals surface area contributed by atoms with Crippen molar-refractivity contribution in [2.45, 2.75) is 25.8 Å². The molecule has 1 saturated heterocycles. The van der Waals surface area contributed by atoms with E-state index in [1.165, 1.54) is 0 Å². The number of rotatable bonds is 4. The standard InChI is InChI=1S/C11H15N3O4S/c1-6-9(19-14-13-6)10(15)12-8(11(16)17)7-3-2-4-18-5-7/h7-8H,2-5H2,1H3,(H,12,15)(H,16,17). The van der Waals surface area contributed by atoms with Crippen LogP contribution in [0.4, 0.5) is 0 Å². The minimum absolute atomic E-state index is 0.198. The van der Waals surface area contributed by atoms with Gasteiger partial charge in [-0.25, -0.2) is 4.79 Å². The summed E-state index contributed by atoms with van der Waals surface area (Å²) in [6, 6.07) is -0.936. The monoisotopic (exact) mass is 285 g/mol. The number of nitrogens with zero attached hydrogens (tertiary/aromatic N) is 2. The van der Waals surface area contributed by atoms with Crippen molar-refractivity contribution in [3.63, 3.8) is 0 Å². The topological polar surface area (TPSA) is 101 Å². The molecule has 1 amide bonds. The Kier molecular flexibility index (Phi) is 4.43. The normalized spacial score (nSPS) is 20.8. The zero-order valence-corrected chi connectivity index (χ0v) is 11.3. The number of ether oxygens (including phenoxy) is 1. The van der Waals surface area contributed by atoms with Crippen LogP contribution in [0.2, 0.25) is 0 Å². The fourth-order valence-corrected chi connectivity index (χ4v) is 2.62. The van der Waals surface area contributed by atoms with Crippen molar-refractivity contribution in [3.05, 3.63) is 10.6 Å². The van der Waals surface area contributed by atoms with Crippen LogP contribution in [-0.4, -0.2) is 45.8 Å². The van der Waals surface area contributed by atoms with E-state index in [9.17, 15) is 14.7 Å². The van der Waals surface area contributed by atoms with Crippen molar-refractivity contribution < 1.29 is 19.4 Å². The van der Waals surface area contributed by atoms with E-state index < -0.39 is 17.9 Å². The second-order valence-electron chi connectivity index (χ2n) is 4.45. The van der Waals surface area contributed by atoms with Crippen molar-refractivity contribution in [1.82, 2.24) is 14.9 Å². The summed E-state index contributed by atoms with van der Waals surface area (Å²) in [5.74, 6) is -1.68. The Balaban J connectivity index is 2.06. The Morgan fingerprint density at radius 3 is 2.89 bits per heavy atom. The molecule has 2 N–H and O–H groups in total. The van der Waals surface area contributed by atoms with Crippen molar-refractivity contribution in [2.24, 2.45) is 5.92 Å². The summed E-state index contributed by atoms with van der Waals surface area (Å²) in [6.07, 6.45) is 1.54. The van der Waals surface area contributed by atoms with Gasteiger partial charge in [0.1, 0.15) is 10.9 Å². The summed E-state index contributed by atoms with van der Waals surface area (Å²) in [5.41, 5.74) is 0.506. The molecule has 2 unspecified atom stereocenters. The quantitative estimate of drug-likeness (QED) is 0.833. The smallest absolute Gasteiger partial charge is 0.326 e. The number of carboxylic acid groups (broad SMARTS) is 1. The number of aliphatic carboxylic acids is 1. The predicted molar refractivity (Wildman–Crippen MR) is 67.1 cm³/mol. The van der Waals surface area contributed by atoms with Gasteiger partial charge in [0.2, 0.25) is 0 Å². The Morgan fingerprint density at radius 2 is 2.37 bits per heavy atom. The highest BCUT2D eigenvalue weighted by atomic mass is 32.1. The number of hydrogen-bond donors (Lipinski definition) is 2. The van der Waals surface area contributed by atoms with Crippen LogP contribution < -0.4 is 5.32 Å². The molecular formula is C11H15N3O4S. The fourth-order valence-electron chi connectivity index (χ4n) is 2.06. The maximum Gasteiger partial charge on any atom is 0.326 e. The summed E-state index contributed by atoms with van der Waals surface area (Å²) < 4.78 is 8.94. The van der Waals surface area contributed by atoms with Crippen LogP contribution in [0.5, 0.6) is 0 Å². The van der Waals surface area contributed by atoms with Crippen LogP contribution >= 0.6 is 11.5 Å². The van der Waals surface area contributed by atoms with Crippen LogP contribution in [-0.2, 0) is 9.53 Å². The molecule has 2 heterocycles. The summed E-state index contributed by atoms with van der Waals surface area (Å²) in [5, 5.41) is 15.5. The highest BCUT2D eigenvalue weighted by Gasteiger charge is 2.32. The summed E-state index contributed by atoms with van der Waals surface area (Å²) in [6.45, 7) is 2.67. The van der Waals surface area contributed by atoms with Gasteiger partial charge in [0, 0.05) is 12.5 Å². The molecule has 0 bridgehead atoms. The maximum absolute atomic E-state index is 12.0. The SMILES string of the molecule is Cc1nnsc1C(=O)NC(C(=O)O)C1CCCOC1. The van der Waals surface area contributed by atoms with Crippen molar-refractivity contribution in [3.8, 4) is 0 Å². The molecule has 0 saturated carbocycles. The molecule has 7 nitrogen and oxygen atoms in total. The van der Waals surface area contributed by atoms with Gasteiger partial charge in [-0.1, -0.05) is 4.49 Å². The molecule has 1 aliphatic rings. The Morgan fingerprint density at radius 1 is 1.58 bits per heavy atom. The first-order valence-corrected chi connectivity index (χ1v) is 6.77. The maximum atomic E-state index is 12.0. The third-order valence-electron chi connectivity index (χ3n) is 3.08. The van der Waals surface area contributed by atoms with Gasteiger partial charge in [-0.05, 0) is 31.3 Å². The largest absolute Gasteiger partial charge is 0.480 e. The summed E-state index contributed by atoms with van der Waals surface area (Å²) in [4.78, 5) is 23.6. The molecule has 0 aliphatic carbocycles. The van der Waals surface area contributed by atoms with Crippen LogP contribution in [0.15, 0.2) is 0 Å². The molecule has 1 aliphatic heterocycles. The summed E-state index contributed by atoms with van der Waals surface area (Å²) in [7, 11) is 0. The number of carbonyl (C=O) groups is 2. The zero-order chi connectivity index (χ0) is 13.8. The number of aryl methyl sites for hydroxylation is 1. The molecule has 2 atom stereocenters. The molecule has 0 aromatic carbocycles. The predicted octanol–water partition coefficient (Wildman–Crippen LogP) is 0.456. The third kappa shape index (κ3) is 3.27. The van der Waals surface area contributed by atoms with E-state index in [1.807, 2.05) is 0 Å². The van der Waals surface area contributed by atoms with Crippen molar-refractivity contribution in [2.75, 3.05) is 13.2 Å². The van der Waals surface area contributed by atoms with E-state index in [1.54, 1.807) is 6.92 Å². The lowest BCUT2D eigenvalue weighted by atomic mass is 9.93. The molecule has 1 aromatic rings. The first kappa shape index (κ1) is 13.9. The molecule has 104 valence electrons. The number of aromatic nitrogens is 2. The van der Waals surface area contributed by atoms with Crippen LogP contribution in [0.3, 0.4) is 0 Å². The van der Waals surface area contributed by atoms with Crippen LogP contribution in [0, 0.1) is 12.8 Å².